The van der Waals surface area contributed by atoms with Crippen molar-refractivity contribution in [2.45, 2.75) is 25.9 Å². The topological polar surface area (TPSA) is 43.8 Å². The molecule has 0 spiro atoms. The Labute approximate surface area is 95.9 Å². The van der Waals surface area contributed by atoms with Crippen molar-refractivity contribution in [2.24, 2.45) is 5.73 Å². The van der Waals surface area contributed by atoms with Crippen molar-refractivity contribution in [2.75, 3.05) is 0 Å². The lowest BCUT2D eigenvalue weighted by Gasteiger charge is -2.09. The molecule has 0 bridgehead atoms. The fourth-order valence-corrected chi connectivity index (χ4v) is 1.77. The van der Waals surface area contributed by atoms with E-state index in [1.807, 2.05) is 25.5 Å². The van der Waals surface area contributed by atoms with Crippen LogP contribution in [0.3, 0.4) is 0 Å². The molecule has 1 aromatic heterocycles. The first-order valence-corrected chi connectivity index (χ1v) is 5.54. The molecule has 0 amide bonds. The van der Waals surface area contributed by atoms with Crippen LogP contribution < -0.4 is 5.73 Å². The molecule has 0 saturated carbocycles. The minimum Gasteiger partial charge on any atom is -0.330 e. The van der Waals surface area contributed by atoms with Gasteiger partial charge in [-0.2, -0.15) is 0 Å². The van der Waals surface area contributed by atoms with E-state index in [1.165, 1.54) is 11.3 Å². The van der Waals surface area contributed by atoms with Crippen molar-refractivity contribution in [1.29, 1.82) is 0 Å². The molecule has 1 atom stereocenters. The second-order valence-corrected chi connectivity index (χ2v) is 4.18. The van der Waals surface area contributed by atoms with Gasteiger partial charge in [0.15, 0.2) is 0 Å². The summed E-state index contributed by atoms with van der Waals surface area (Å²) in [5, 5.41) is 0. The summed E-state index contributed by atoms with van der Waals surface area (Å²) in [5.74, 6) is 0. The van der Waals surface area contributed by atoms with E-state index in [4.69, 9.17) is 5.73 Å². The molecular formula is C13H17N3. The molecule has 2 N–H and O–H groups in total. The Morgan fingerprint density at radius 2 is 2.06 bits per heavy atom. The van der Waals surface area contributed by atoms with E-state index in [0.717, 1.165) is 13.0 Å². The Kier molecular flexibility index (Phi) is 3.37. The number of rotatable bonds is 4. The lowest BCUT2D eigenvalue weighted by molar-refractivity contribution is 0.665. The van der Waals surface area contributed by atoms with Gasteiger partial charge < -0.3 is 10.3 Å². The maximum atomic E-state index is 5.80. The summed E-state index contributed by atoms with van der Waals surface area (Å²) >= 11 is 0. The summed E-state index contributed by atoms with van der Waals surface area (Å²) < 4.78 is 2.15. The SMILES string of the molecule is CC(N)Cc1cncn1Cc1ccccc1. The molecule has 3 nitrogen and oxygen atoms in total. The lowest BCUT2D eigenvalue weighted by atomic mass is 10.2. The highest BCUT2D eigenvalue weighted by atomic mass is 15.0. The van der Waals surface area contributed by atoms with E-state index in [0.29, 0.717) is 0 Å². The van der Waals surface area contributed by atoms with Crippen molar-refractivity contribution < 1.29 is 0 Å². The standard InChI is InChI=1S/C13H17N3/c1-11(14)7-13-8-15-10-16(13)9-12-5-3-2-4-6-12/h2-6,8,10-11H,7,9,14H2,1H3. The van der Waals surface area contributed by atoms with E-state index in [-0.39, 0.29) is 6.04 Å². The lowest BCUT2D eigenvalue weighted by Crippen LogP contribution is -2.20. The first-order valence-electron chi connectivity index (χ1n) is 5.54. The average molecular weight is 215 g/mol. The van der Waals surface area contributed by atoms with Crippen molar-refractivity contribution in [3.8, 4) is 0 Å². The minimum atomic E-state index is 0.172. The number of nitrogens with zero attached hydrogens (tertiary/aromatic N) is 2. The van der Waals surface area contributed by atoms with Gasteiger partial charge in [-0.25, -0.2) is 4.98 Å². The molecule has 1 heterocycles. The van der Waals surface area contributed by atoms with E-state index in [9.17, 15) is 0 Å². The molecule has 3 heteroatoms. The van der Waals surface area contributed by atoms with Gasteiger partial charge in [0.05, 0.1) is 6.33 Å². The highest BCUT2D eigenvalue weighted by Gasteiger charge is 2.04. The molecule has 16 heavy (non-hydrogen) atoms. The van der Waals surface area contributed by atoms with Crippen LogP contribution in [-0.4, -0.2) is 15.6 Å². The Balaban J connectivity index is 2.13. The van der Waals surface area contributed by atoms with Crippen molar-refractivity contribution in [1.82, 2.24) is 9.55 Å². The molecule has 0 fully saturated rings. The largest absolute Gasteiger partial charge is 0.330 e. The second kappa shape index (κ2) is 4.94. The average Bonchev–Trinajstić information content (AvgIpc) is 2.66. The Bertz CT molecular complexity index is 431. The number of imidazole rings is 1. The van der Waals surface area contributed by atoms with Crippen molar-refractivity contribution >= 4 is 0 Å². The first kappa shape index (κ1) is 10.9. The quantitative estimate of drug-likeness (QED) is 0.845. The predicted octanol–water partition coefficient (Wildman–Crippen LogP) is 1.82. The third-order valence-electron chi connectivity index (χ3n) is 2.53. The molecule has 1 unspecified atom stereocenters. The van der Waals surface area contributed by atoms with Crippen LogP contribution in [0.25, 0.3) is 0 Å². The third-order valence-corrected chi connectivity index (χ3v) is 2.53. The second-order valence-electron chi connectivity index (χ2n) is 4.18. The molecule has 0 aliphatic rings. The van der Waals surface area contributed by atoms with Gasteiger partial charge in [0.2, 0.25) is 0 Å². The van der Waals surface area contributed by atoms with E-state index >= 15 is 0 Å². The minimum absolute atomic E-state index is 0.172. The fourth-order valence-electron chi connectivity index (χ4n) is 1.77. The van der Waals surface area contributed by atoms with Gasteiger partial charge in [-0.15, -0.1) is 0 Å². The van der Waals surface area contributed by atoms with E-state index in [2.05, 4.69) is 33.8 Å². The molecule has 1 aromatic carbocycles. The molecule has 0 saturated heterocycles. The molecule has 0 aliphatic carbocycles. The van der Waals surface area contributed by atoms with Crippen molar-refractivity contribution in [3.63, 3.8) is 0 Å². The monoisotopic (exact) mass is 215 g/mol. The summed E-state index contributed by atoms with van der Waals surface area (Å²) in [4.78, 5) is 4.18. The number of aromatic nitrogens is 2. The van der Waals surface area contributed by atoms with Crippen LogP contribution in [-0.2, 0) is 13.0 Å². The number of benzene rings is 1. The highest BCUT2D eigenvalue weighted by Crippen LogP contribution is 2.07. The molecule has 0 aliphatic heterocycles. The van der Waals surface area contributed by atoms with Crippen LogP contribution in [0.1, 0.15) is 18.2 Å². The summed E-state index contributed by atoms with van der Waals surface area (Å²) in [7, 11) is 0. The van der Waals surface area contributed by atoms with Crippen LogP contribution in [0.5, 0.6) is 0 Å². The molecule has 0 radical (unpaired) electrons. The Morgan fingerprint density at radius 3 is 2.75 bits per heavy atom. The summed E-state index contributed by atoms with van der Waals surface area (Å²) in [5.41, 5.74) is 8.28. The van der Waals surface area contributed by atoms with E-state index < -0.39 is 0 Å². The fraction of sp³-hybridized carbons (Fsp3) is 0.308. The van der Waals surface area contributed by atoms with Crippen LogP contribution in [0.4, 0.5) is 0 Å². The normalized spacial score (nSPS) is 12.6. The first-order chi connectivity index (χ1) is 7.75. The van der Waals surface area contributed by atoms with Crippen LogP contribution >= 0.6 is 0 Å². The van der Waals surface area contributed by atoms with Gasteiger partial charge in [-0.05, 0) is 12.5 Å². The Morgan fingerprint density at radius 1 is 1.31 bits per heavy atom. The Hall–Kier alpha value is -1.61. The van der Waals surface area contributed by atoms with Crippen LogP contribution in [0.15, 0.2) is 42.9 Å². The van der Waals surface area contributed by atoms with E-state index in [1.54, 1.807) is 0 Å². The van der Waals surface area contributed by atoms with Gasteiger partial charge >= 0.3 is 0 Å². The summed E-state index contributed by atoms with van der Waals surface area (Å²) in [6.45, 7) is 2.88. The molecular weight excluding hydrogens is 198 g/mol. The molecule has 84 valence electrons. The van der Waals surface area contributed by atoms with Crippen LogP contribution in [0.2, 0.25) is 0 Å². The maximum Gasteiger partial charge on any atom is 0.0951 e. The zero-order valence-corrected chi connectivity index (χ0v) is 9.50. The number of hydrogen-bond acceptors (Lipinski definition) is 2. The van der Waals surface area contributed by atoms with Gasteiger partial charge in [-0.1, -0.05) is 30.3 Å². The molecule has 2 aromatic rings. The van der Waals surface area contributed by atoms with Gasteiger partial charge in [0, 0.05) is 30.9 Å². The number of nitrogens with two attached hydrogens (primary N) is 1. The zero-order chi connectivity index (χ0) is 11.4. The van der Waals surface area contributed by atoms with Crippen molar-refractivity contribution in [3.05, 3.63) is 54.1 Å². The maximum absolute atomic E-state index is 5.80. The van der Waals surface area contributed by atoms with Crippen LogP contribution in [0, 0.1) is 0 Å². The summed E-state index contributed by atoms with van der Waals surface area (Å²) in [6, 6.07) is 10.5. The van der Waals surface area contributed by atoms with Gasteiger partial charge in [-0.3, -0.25) is 0 Å². The van der Waals surface area contributed by atoms with Gasteiger partial charge in [0.25, 0.3) is 0 Å². The third kappa shape index (κ3) is 2.70. The number of hydrogen-bond donors (Lipinski definition) is 1. The predicted molar refractivity (Wildman–Crippen MR) is 65.1 cm³/mol. The summed E-state index contributed by atoms with van der Waals surface area (Å²) in [6.07, 6.45) is 4.63. The molecule has 2 rings (SSSR count). The zero-order valence-electron chi connectivity index (χ0n) is 9.50. The van der Waals surface area contributed by atoms with Gasteiger partial charge in [0.1, 0.15) is 0 Å². The smallest absolute Gasteiger partial charge is 0.0951 e. The highest BCUT2D eigenvalue weighted by molar-refractivity contribution is 5.16.